The third-order valence-electron chi connectivity index (χ3n) is 3.51. The number of halogens is 1. The molecule has 0 fully saturated rings. The molecule has 1 N–H and O–H groups in total. The molecule has 2 rings (SSSR count). The van der Waals surface area contributed by atoms with Gasteiger partial charge in [0.1, 0.15) is 5.75 Å². The Bertz CT molecular complexity index is 647. The Kier molecular flexibility index (Phi) is 6.44. The normalized spacial score (nSPS) is 10.4. The highest BCUT2D eigenvalue weighted by molar-refractivity contribution is 6.32. The smallest absolute Gasteiger partial charge is 0.260 e. The summed E-state index contributed by atoms with van der Waals surface area (Å²) < 4.78 is 5.55. The van der Waals surface area contributed by atoms with Crippen molar-refractivity contribution in [3.05, 3.63) is 53.6 Å². The fourth-order valence-electron chi connectivity index (χ4n) is 2.08. The largest absolute Gasteiger partial charge is 0.482 e. The molecule has 122 valence electrons. The molecule has 0 atom stereocenters. The predicted octanol–water partition coefficient (Wildman–Crippen LogP) is 3.06. The van der Waals surface area contributed by atoms with Gasteiger partial charge in [-0.15, -0.1) is 0 Å². The van der Waals surface area contributed by atoms with Gasteiger partial charge in [0.2, 0.25) is 0 Å². The predicted molar refractivity (Wildman–Crippen MR) is 93.9 cm³/mol. The van der Waals surface area contributed by atoms with Crippen LogP contribution in [0.25, 0.3) is 11.1 Å². The number of nitrogens with one attached hydrogen (secondary N) is 1. The van der Waals surface area contributed by atoms with Crippen LogP contribution in [-0.4, -0.2) is 44.6 Å². The molecule has 0 bridgehead atoms. The number of benzene rings is 2. The van der Waals surface area contributed by atoms with E-state index >= 15 is 0 Å². The average molecular weight is 333 g/mol. The highest BCUT2D eigenvalue weighted by atomic mass is 35.5. The monoisotopic (exact) mass is 332 g/mol. The molecule has 23 heavy (non-hydrogen) atoms. The lowest BCUT2D eigenvalue weighted by atomic mass is 10.1. The van der Waals surface area contributed by atoms with E-state index in [0.29, 0.717) is 17.3 Å². The molecule has 0 spiro atoms. The number of nitrogens with zero attached hydrogens (tertiary/aromatic N) is 1. The zero-order chi connectivity index (χ0) is 16.7. The topological polar surface area (TPSA) is 41.6 Å². The Morgan fingerprint density at radius 3 is 2.57 bits per heavy atom. The van der Waals surface area contributed by atoms with Gasteiger partial charge in [-0.2, -0.15) is 0 Å². The maximum Gasteiger partial charge on any atom is 0.260 e. The maximum absolute atomic E-state index is 12.0. The first kappa shape index (κ1) is 17.3. The summed E-state index contributed by atoms with van der Waals surface area (Å²) in [5.74, 6) is 0.435. The van der Waals surface area contributed by atoms with Gasteiger partial charge in [-0.05, 0) is 30.3 Å². The Morgan fingerprint density at radius 1 is 1.17 bits per heavy atom. The summed E-state index contributed by atoms with van der Waals surface area (Å²) >= 11 is 6.27. The average Bonchev–Trinajstić information content (AvgIpc) is 2.59. The molecular weight excluding hydrogens is 312 g/mol. The van der Waals surface area contributed by atoms with Crippen molar-refractivity contribution in [2.45, 2.75) is 0 Å². The molecule has 0 aliphatic carbocycles. The quantitative estimate of drug-likeness (QED) is 0.847. The minimum absolute atomic E-state index is 0.0232. The summed E-state index contributed by atoms with van der Waals surface area (Å²) in [5, 5.41) is 3.50. The van der Waals surface area contributed by atoms with E-state index in [-0.39, 0.29) is 12.5 Å². The van der Waals surface area contributed by atoms with Gasteiger partial charge >= 0.3 is 0 Å². The Hall–Kier alpha value is -2.04. The molecule has 0 unspecified atom stereocenters. The third-order valence-corrected chi connectivity index (χ3v) is 3.81. The molecule has 2 aromatic rings. The molecule has 1 amide bonds. The van der Waals surface area contributed by atoms with Crippen molar-refractivity contribution < 1.29 is 9.53 Å². The van der Waals surface area contributed by atoms with E-state index in [2.05, 4.69) is 5.32 Å². The lowest BCUT2D eigenvalue weighted by Crippen LogP contribution is -2.35. The Balaban J connectivity index is 1.98. The summed E-state index contributed by atoms with van der Waals surface area (Å²) in [5.41, 5.74) is 2.10. The Labute approximate surface area is 142 Å². The second kappa shape index (κ2) is 8.56. The van der Waals surface area contributed by atoms with E-state index in [1.807, 2.05) is 49.5 Å². The Morgan fingerprint density at radius 2 is 1.91 bits per heavy atom. The van der Waals surface area contributed by atoms with Crippen LogP contribution < -0.4 is 10.1 Å². The van der Waals surface area contributed by atoms with E-state index in [1.54, 1.807) is 18.0 Å². The molecule has 0 aliphatic rings. The summed E-state index contributed by atoms with van der Waals surface area (Å²) in [6.07, 6.45) is 0. The fourth-order valence-corrected chi connectivity index (χ4v) is 2.32. The molecule has 0 saturated carbocycles. The molecule has 0 aromatic heterocycles. The number of carbonyl (C=O) groups is 1. The molecule has 2 aromatic carbocycles. The van der Waals surface area contributed by atoms with Crippen LogP contribution in [0.4, 0.5) is 0 Å². The van der Waals surface area contributed by atoms with Crippen molar-refractivity contribution >= 4 is 17.5 Å². The van der Waals surface area contributed by atoms with Gasteiger partial charge in [0, 0.05) is 20.1 Å². The van der Waals surface area contributed by atoms with E-state index in [9.17, 15) is 4.79 Å². The molecule has 5 heteroatoms. The first-order valence-electron chi connectivity index (χ1n) is 7.48. The second-order valence-corrected chi connectivity index (χ2v) is 5.63. The van der Waals surface area contributed by atoms with Crippen LogP contribution >= 0.6 is 11.6 Å². The van der Waals surface area contributed by atoms with Crippen LogP contribution in [0.3, 0.4) is 0 Å². The lowest BCUT2D eigenvalue weighted by molar-refractivity contribution is -0.131. The lowest BCUT2D eigenvalue weighted by Gasteiger charge is -2.17. The van der Waals surface area contributed by atoms with Gasteiger partial charge in [0.25, 0.3) is 5.91 Å². The van der Waals surface area contributed by atoms with Crippen LogP contribution in [0.15, 0.2) is 48.5 Å². The van der Waals surface area contributed by atoms with Crippen LogP contribution in [0, 0.1) is 0 Å². The van der Waals surface area contributed by atoms with E-state index in [0.717, 1.165) is 17.7 Å². The van der Waals surface area contributed by atoms with Crippen molar-refractivity contribution in [2.75, 3.05) is 33.8 Å². The standard InChI is InChI=1S/C18H21ClN2O2/c1-20-10-11-21(2)18(22)13-23-17-9-8-15(12-16(17)19)14-6-4-3-5-7-14/h3-9,12,20H,10-11,13H2,1-2H3. The van der Waals surface area contributed by atoms with Gasteiger partial charge in [-0.25, -0.2) is 0 Å². The van der Waals surface area contributed by atoms with Crippen LogP contribution in [0.1, 0.15) is 0 Å². The number of ether oxygens (including phenoxy) is 1. The number of amides is 1. The van der Waals surface area contributed by atoms with Gasteiger partial charge in [0.15, 0.2) is 6.61 Å². The summed E-state index contributed by atoms with van der Waals surface area (Å²) in [7, 11) is 3.60. The van der Waals surface area contributed by atoms with E-state index in [1.165, 1.54) is 0 Å². The fraction of sp³-hybridized carbons (Fsp3) is 0.278. The number of carbonyl (C=O) groups excluding carboxylic acids is 1. The van der Waals surface area contributed by atoms with Gasteiger partial charge in [-0.1, -0.05) is 48.0 Å². The van der Waals surface area contributed by atoms with Crippen LogP contribution in [0.2, 0.25) is 5.02 Å². The molecule has 0 heterocycles. The SMILES string of the molecule is CNCCN(C)C(=O)COc1ccc(-c2ccccc2)cc1Cl. The summed E-state index contributed by atoms with van der Waals surface area (Å²) in [4.78, 5) is 13.6. The molecule has 0 aliphatic heterocycles. The van der Waals surface area contributed by atoms with Gasteiger partial charge in [-0.3, -0.25) is 4.79 Å². The molecular formula is C18H21ClN2O2. The second-order valence-electron chi connectivity index (χ2n) is 5.22. The number of hydrogen-bond donors (Lipinski definition) is 1. The number of hydrogen-bond acceptors (Lipinski definition) is 3. The van der Waals surface area contributed by atoms with E-state index in [4.69, 9.17) is 16.3 Å². The molecule has 4 nitrogen and oxygen atoms in total. The summed E-state index contributed by atoms with van der Waals surface area (Å²) in [6, 6.07) is 15.6. The van der Waals surface area contributed by atoms with Gasteiger partial charge in [0.05, 0.1) is 5.02 Å². The van der Waals surface area contributed by atoms with Crippen molar-refractivity contribution in [3.63, 3.8) is 0 Å². The zero-order valence-corrected chi connectivity index (χ0v) is 14.1. The van der Waals surface area contributed by atoms with Crippen molar-refractivity contribution in [1.82, 2.24) is 10.2 Å². The summed E-state index contributed by atoms with van der Waals surface area (Å²) in [6.45, 7) is 1.36. The third kappa shape index (κ3) is 4.98. The van der Waals surface area contributed by atoms with Crippen molar-refractivity contribution in [1.29, 1.82) is 0 Å². The van der Waals surface area contributed by atoms with Crippen LogP contribution in [0.5, 0.6) is 5.75 Å². The molecule has 0 saturated heterocycles. The minimum atomic E-state index is -0.0801. The zero-order valence-electron chi connectivity index (χ0n) is 13.4. The minimum Gasteiger partial charge on any atom is -0.482 e. The number of likely N-dealkylation sites (N-methyl/N-ethyl adjacent to an activating group) is 2. The first-order chi connectivity index (χ1) is 11.1. The number of rotatable bonds is 7. The maximum atomic E-state index is 12.0. The van der Waals surface area contributed by atoms with Gasteiger partial charge < -0.3 is 15.0 Å². The van der Waals surface area contributed by atoms with Crippen molar-refractivity contribution in [2.24, 2.45) is 0 Å². The molecule has 0 radical (unpaired) electrons. The highest BCUT2D eigenvalue weighted by Gasteiger charge is 2.11. The first-order valence-corrected chi connectivity index (χ1v) is 7.86. The van der Waals surface area contributed by atoms with E-state index < -0.39 is 0 Å². The van der Waals surface area contributed by atoms with Crippen molar-refractivity contribution in [3.8, 4) is 16.9 Å². The van der Waals surface area contributed by atoms with Crippen LogP contribution in [-0.2, 0) is 4.79 Å². The highest BCUT2D eigenvalue weighted by Crippen LogP contribution is 2.30.